The molecule has 0 rings (SSSR count). The van der Waals surface area contributed by atoms with Crippen molar-refractivity contribution in [3.63, 3.8) is 0 Å². The summed E-state index contributed by atoms with van der Waals surface area (Å²) in [6.45, 7) is 2.74. The van der Waals surface area contributed by atoms with Gasteiger partial charge in [0.05, 0.1) is 6.07 Å². The van der Waals surface area contributed by atoms with Gasteiger partial charge in [0.25, 0.3) is 0 Å². The number of nitrogens with zero attached hydrogens (tertiary/aromatic N) is 1. The van der Waals surface area contributed by atoms with Crippen molar-refractivity contribution in [3.8, 4) is 6.07 Å². The van der Waals surface area contributed by atoms with Crippen LogP contribution in [0, 0.1) is 22.7 Å². The number of ketones is 1. The highest BCUT2D eigenvalue weighted by Crippen LogP contribution is 1.99. The van der Waals surface area contributed by atoms with Crippen molar-refractivity contribution in [2.75, 3.05) is 19.8 Å². The minimum absolute atomic E-state index is 0.0617. The molecule has 0 aromatic carbocycles. The molecule has 0 saturated carbocycles. The molecule has 0 heterocycles. The lowest BCUT2D eigenvalue weighted by Gasteiger charge is -2.07. The molecule has 0 aliphatic carbocycles. The van der Waals surface area contributed by atoms with Crippen LogP contribution in [0.3, 0.4) is 0 Å². The lowest BCUT2D eigenvalue weighted by atomic mass is 10.0. The summed E-state index contributed by atoms with van der Waals surface area (Å²) in [6.07, 6.45) is 0. The van der Waals surface area contributed by atoms with Gasteiger partial charge in [-0.05, 0) is 13.8 Å². The fraction of sp³-hybridized carbons (Fsp3) is 0.600. The molecule has 0 aliphatic heterocycles. The summed E-state index contributed by atoms with van der Waals surface area (Å²) in [5, 5.41) is 15.8. The van der Waals surface area contributed by atoms with Crippen LogP contribution in [0.5, 0.6) is 0 Å². The molecule has 1 atom stereocenters. The minimum atomic E-state index is -1.14. The molecule has 0 unspecified atom stereocenters. The Bertz CT molecular complexity index is 319. The van der Waals surface area contributed by atoms with Gasteiger partial charge >= 0.3 is 5.97 Å². The Morgan fingerprint density at radius 2 is 2.06 bits per heavy atom. The SMILES string of the molecule is CCOCC(=O)OCC(=O)[C@H](C#N)C(C)=N. The Morgan fingerprint density at radius 1 is 1.44 bits per heavy atom. The summed E-state index contributed by atoms with van der Waals surface area (Å²) in [5.74, 6) is -2.39. The molecule has 88 valence electrons. The maximum Gasteiger partial charge on any atom is 0.332 e. The van der Waals surface area contributed by atoms with E-state index in [1.54, 1.807) is 13.0 Å². The van der Waals surface area contributed by atoms with Crippen molar-refractivity contribution in [2.24, 2.45) is 5.92 Å². The fourth-order valence-corrected chi connectivity index (χ4v) is 0.872. The van der Waals surface area contributed by atoms with Crippen LogP contribution >= 0.6 is 0 Å². The highest BCUT2D eigenvalue weighted by Gasteiger charge is 2.21. The van der Waals surface area contributed by atoms with E-state index < -0.39 is 24.3 Å². The molecule has 0 fully saturated rings. The van der Waals surface area contributed by atoms with E-state index in [0.29, 0.717) is 6.61 Å². The molecular weight excluding hydrogens is 212 g/mol. The van der Waals surface area contributed by atoms with Crippen LogP contribution in [-0.2, 0) is 19.1 Å². The van der Waals surface area contributed by atoms with E-state index >= 15 is 0 Å². The van der Waals surface area contributed by atoms with Gasteiger partial charge in [-0.25, -0.2) is 4.79 Å². The highest BCUT2D eigenvalue weighted by molar-refractivity contribution is 6.05. The van der Waals surface area contributed by atoms with Crippen molar-refractivity contribution in [2.45, 2.75) is 13.8 Å². The molecule has 0 saturated heterocycles. The largest absolute Gasteiger partial charge is 0.456 e. The van der Waals surface area contributed by atoms with Gasteiger partial charge in [-0.2, -0.15) is 5.26 Å². The second-order valence-electron chi connectivity index (χ2n) is 3.01. The Morgan fingerprint density at radius 3 is 2.50 bits per heavy atom. The van der Waals surface area contributed by atoms with Gasteiger partial charge in [0, 0.05) is 12.3 Å². The molecule has 1 N–H and O–H groups in total. The number of nitrogens with one attached hydrogen (secondary N) is 1. The number of carbonyl (C=O) groups is 2. The lowest BCUT2D eigenvalue weighted by molar-refractivity contribution is -0.152. The standard InChI is InChI=1S/C10H14N2O4/c1-3-15-6-10(14)16-5-9(13)8(4-11)7(2)12/h8,12H,3,5-6H2,1-2H3/t8-/m1/s1. The van der Waals surface area contributed by atoms with Crippen LogP contribution < -0.4 is 0 Å². The predicted octanol–water partition coefficient (Wildman–Crippen LogP) is 0.315. The van der Waals surface area contributed by atoms with Crippen LogP contribution in [0.15, 0.2) is 0 Å². The Labute approximate surface area is 93.7 Å². The van der Waals surface area contributed by atoms with E-state index in [0.717, 1.165) is 0 Å². The van der Waals surface area contributed by atoms with Crippen molar-refractivity contribution in [1.29, 1.82) is 10.7 Å². The molecule has 0 amide bonds. The monoisotopic (exact) mass is 226 g/mol. The van der Waals surface area contributed by atoms with Crippen molar-refractivity contribution >= 4 is 17.5 Å². The summed E-state index contributed by atoms with van der Waals surface area (Å²) < 4.78 is 9.35. The number of esters is 1. The Kier molecular flexibility index (Phi) is 6.72. The maximum absolute atomic E-state index is 11.3. The van der Waals surface area contributed by atoms with E-state index in [1.165, 1.54) is 6.92 Å². The first-order valence-corrected chi connectivity index (χ1v) is 4.73. The van der Waals surface area contributed by atoms with Crippen LogP contribution in [0.25, 0.3) is 0 Å². The van der Waals surface area contributed by atoms with Crippen LogP contribution in [0.4, 0.5) is 0 Å². The van der Waals surface area contributed by atoms with Crippen molar-refractivity contribution < 1.29 is 19.1 Å². The number of nitriles is 1. The molecule has 0 bridgehead atoms. The molecule has 0 aromatic heterocycles. The van der Waals surface area contributed by atoms with E-state index in [1.807, 2.05) is 0 Å². The Balaban J connectivity index is 4.02. The first kappa shape index (κ1) is 14.3. The highest BCUT2D eigenvalue weighted by atomic mass is 16.6. The maximum atomic E-state index is 11.3. The number of Topliss-reactive ketones (excluding diaryl/α,β-unsaturated/α-hetero) is 1. The van der Waals surface area contributed by atoms with Crippen molar-refractivity contribution in [3.05, 3.63) is 0 Å². The summed E-state index contributed by atoms with van der Waals surface area (Å²) in [5.41, 5.74) is -0.0617. The second-order valence-corrected chi connectivity index (χ2v) is 3.01. The topological polar surface area (TPSA) is 100 Å². The van der Waals surface area contributed by atoms with Crippen LogP contribution in [-0.4, -0.2) is 37.3 Å². The summed E-state index contributed by atoms with van der Waals surface area (Å²) >= 11 is 0. The van der Waals surface area contributed by atoms with Gasteiger partial charge in [-0.3, -0.25) is 4.79 Å². The number of rotatable bonds is 7. The smallest absolute Gasteiger partial charge is 0.332 e. The minimum Gasteiger partial charge on any atom is -0.456 e. The van der Waals surface area contributed by atoms with Gasteiger partial charge in [-0.15, -0.1) is 0 Å². The molecule has 16 heavy (non-hydrogen) atoms. The first-order valence-electron chi connectivity index (χ1n) is 4.73. The number of ether oxygens (including phenoxy) is 2. The fourth-order valence-electron chi connectivity index (χ4n) is 0.872. The number of carbonyl (C=O) groups excluding carboxylic acids is 2. The Hall–Kier alpha value is -1.74. The zero-order chi connectivity index (χ0) is 12.6. The molecule has 0 aliphatic rings. The lowest BCUT2D eigenvalue weighted by Crippen LogP contribution is -2.26. The van der Waals surface area contributed by atoms with E-state index in [9.17, 15) is 9.59 Å². The van der Waals surface area contributed by atoms with Gasteiger partial charge < -0.3 is 14.9 Å². The third kappa shape index (κ3) is 5.22. The van der Waals surface area contributed by atoms with Gasteiger partial charge in [0.15, 0.2) is 12.4 Å². The quantitative estimate of drug-likeness (QED) is 0.497. The second kappa shape index (κ2) is 7.54. The normalized spacial score (nSPS) is 11.3. The average molecular weight is 226 g/mol. The first-order chi connectivity index (χ1) is 7.52. The molecule has 6 heteroatoms. The number of hydrogen-bond donors (Lipinski definition) is 1. The summed E-state index contributed by atoms with van der Waals surface area (Å²) in [6, 6.07) is 1.67. The molecular formula is C10H14N2O4. The molecule has 6 nitrogen and oxygen atoms in total. The average Bonchev–Trinajstić information content (AvgIpc) is 2.23. The zero-order valence-electron chi connectivity index (χ0n) is 9.28. The zero-order valence-corrected chi connectivity index (χ0v) is 9.28. The van der Waals surface area contributed by atoms with Crippen molar-refractivity contribution in [1.82, 2.24) is 0 Å². The molecule has 0 radical (unpaired) electrons. The third-order valence-corrected chi connectivity index (χ3v) is 1.68. The third-order valence-electron chi connectivity index (χ3n) is 1.68. The molecule has 0 aromatic rings. The molecule has 0 spiro atoms. The summed E-state index contributed by atoms with van der Waals surface area (Å²) in [7, 11) is 0. The van der Waals surface area contributed by atoms with E-state index in [2.05, 4.69) is 4.74 Å². The summed E-state index contributed by atoms with van der Waals surface area (Å²) in [4.78, 5) is 22.3. The van der Waals surface area contributed by atoms with Gasteiger partial charge in [-0.1, -0.05) is 0 Å². The number of hydrogen-bond acceptors (Lipinski definition) is 6. The predicted molar refractivity (Wildman–Crippen MR) is 55.0 cm³/mol. The van der Waals surface area contributed by atoms with Gasteiger partial charge in [0.1, 0.15) is 12.5 Å². The van der Waals surface area contributed by atoms with Crippen LogP contribution in [0.1, 0.15) is 13.8 Å². The van der Waals surface area contributed by atoms with Gasteiger partial charge in [0.2, 0.25) is 0 Å². The van der Waals surface area contributed by atoms with Crippen LogP contribution in [0.2, 0.25) is 0 Å². The van der Waals surface area contributed by atoms with E-state index in [-0.39, 0.29) is 12.3 Å². The van der Waals surface area contributed by atoms with E-state index in [4.69, 9.17) is 15.4 Å².